The maximum atomic E-state index is 12.7. The second kappa shape index (κ2) is 44.9. The van der Waals surface area contributed by atoms with Crippen molar-refractivity contribution in [2.45, 2.75) is 238 Å². The van der Waals surface area contributed by atoms with Crippen LogP contribution in [0, 0.1) is 0 Å². The number of likely N-dealkylation sites (N-methyl/N-ethyl adjacent to an activating group) is 1. The first-order valence-electron chi connectivity index (χ1n) is 25.7. The number of carbonyl (C=O) groups excluding carboxylic acids is 3. The molecule has 0 rings (SSSR count). The molecule has 0 amide bonds. The summed E-state index contributed by atoms with van der Waals surface area (Å²) in [6.07, 6.45) is 54.4. The van der Waals surface area contributed by atoms with Gasteiger partial charge in [-0.1, -0.05) is 204 Å². The van der Waals surface area contributed by atoms with Crippen molar-refractivity contribution in [3.63, 3.8) is 0 Å². The van der Waals surface area contributed by atoms with E-state index < -0.39 is 18.1 Å². The summed E-state index contributed by atoms with van der Waals surface area (Å²) in [4.78, 5) is 37.0. The van der Waals surface area contributed by atoms with Crippen LogP contribution in [-0.2, 0) is 28.6 Å². The number of aliphatic carboxylic acids is 1. The molecule has 0 spiro atoms. The Morgan fingerprint density at radius 1 is 0.500 bits per heavy atom. The lowest BCUT2D eigenvalue weighted by molar-refractivity contribution is -0.889. The van der Waals surface area contributed by atoms with Gasteiger partial charge in [-0.3, -0.25) is 9.59 Å². The number of allylic oxidation sites excluding steroid dienone is 8. The van der Waals surface area contributed by atoms with Crippen molar-refractivity contribution in [1.29, 1.82) is 0 Å². The maximum absolute atomic E-state index is 12.7. The molecule has 2 unspecified atom stereocenters. The zero-order valence-corrected chi connectivity index (χ0v) is 41.0. The third-order valence-corrected chi connectivity index (χ3v) is 11.5. The number of hydrogen-bond donors (Lipinski definition) is 0. The lowest BCUT2D eigenvalue weighted by atomic mass is 10.0. The third-order valence-electron chi connectivity index (χ3n) is 11.5. The molecule has 0 aromatic rings. The molecule has 0 aromatic heterocycles. The van der Waals surface area contributed by atoms with Crippen LogP contribution in [0.5, 0.6) is 0 Å². The van der Waals surface area contributed by atoms with Crippen LogP contribution in [-0.4, -0.2) is 75.5 Å². The van der Waals surface area contributed by atoms with Crippen molar-refractivity contribution < 1.29 is 38.2 Å². The Balaban J connectivity index is 4.21. The van der Waals surface area contributed by atoms with Gasteiger partial charge in [0.15, 0.2) is 6.10 Å². The van der Waals surface area contributed by atoms with Gasteiger partial charge in [0.1, 0.15) is 12.6 Å². The first kappa shape index (κ1) is 59.3. The fourth-order valence-electron chi connectivity index (χ4n) is 7.53. The average molecular weight is 872 g/mol. The molecule has 0 aliphatic rings. The van der Waals surface area contributed by atoms with E-state index in [4.69, 9.17) is 14.2 Å². The van der Waals surface area contributed by atoms with Gasteiger partial charge in [0.2, 0.25) is 0 Å². The molecular weight excluding hydrogens is 775 g/mol. The first-order valence-corrected chi connectivity index (χ1v) is 25.7. The van der Waals surface area contributed by atoms with Crippen molar-refractivity contribution in [2.75, 3.05) is 41.0 Å². The number of esters is 2. The van der Waals surface area contributed by atoms with Gasteiger partial charge >= 0.3 is 11.9 Å². The van der Waals surface area contributed by atoms with E-state index in [9.17, 15) is 19.5 Å². The largest absolute Gasteiger partial charge is 0.544 e. The summed E-state index contributed by atoms with van der Waals surface area (Å²) >= 11 is 0. The highest BCUT2D eigenvalue weighted by Gasteiger charge is 2.25. The average Bonchev–Trinajstić information content (AvgIpc) is 3.23. The van der Waals surface area contributed by atoms with E-state index in [1.807, 2.05) is 0 Å². The second-order valence-electron chi connectivity index (χ2n) is 18.4. The molecule has 0 aliphatic carbocycles. The van der Waals surface area contributed by atoms with Crippen molar-refractivity contribution >= 4 is 17.9 Å². The summed E-state index contributed by atoms with van der Waals surface area (Å²) in [7, 11) is 5.40. The molecule has 360 valence electrons. The van der Waals surface area contributed by atoms with E-state index in [1.165, 1.54) is 128 Å². The lowest BCUT2D eigenvalue weighted by Crippen LogP contribution is -2.55. The minimum Gasteiger partial charge on any atom is -0.544 e. The van der Waals surface area contributed by atoms with Crippen LogP contribution in [0.1, 0.15) is 226 Å². The Hall–Kier alpha value is -2.71. The third kappa shape index (κ3) is 42.6. The topological polar surface area (TPSA) is 102 Å². The highest BCUT2D eigenvalue weighted by Crippen LogP contribution is 2.16. The van der Waals surface area contributed by atoms with Crippen molar-refractivity contribution in [3.05, 3.63) is 48.6 Å². The molecular formula is C54H97NO7. The number of rotatable bonds is 46. The molecule has 0 radical (unpaired) electrons. The van der Waals surface area contributed by atoms with Crippen molar-refractivity contribution in [1.82, 2.24) is 0 Å². The Bertz CT molecular complexity index is 1150. The number of carboxylic acid groups (broad SMARTS) is 1. The van der Waals surface area contributed by atoms with Crippen LogP contribution < -0.4 is 5.11 Å². The summed E-state index contributed by atoms with van der Waals surface area (Å²) in [6.45, 7) is 4.53. The van der Waals surface area contributed by atoms with E-state index >= 15 is 0 Å². The number of hydrogen-bond acceptors (Lipinski definition) is 7. The summed E-state index contributed by atoms with van der Waals surface area (Å²) in [5.41, 5.74) is 0. The predicted molar refractivity (Wildman–Crippen MR) is 259 cm³/mol. The molecule has 2 atom stereocenters. The summed E-state index contributed by atoms with van der Waals surface area (Å²) < 4.78 is 17.2. The normalized spacial score (nSPS) is 13.2. The fourth-order valence-corrected chi connectivity index (χ4v) is 7.53. The Labute approximate surface area is 382 Å². The second-order valence-corrected chi connectivity index (χ2v) is 18.4. The number of carbonyl (C=O) groups is 3. The maximum Gasteiger partial charge on any atom is 0.306 e. The van der Waals surface area contributed by atoms with E-state index in [0.717, 1.165) is 57.8 Å². The predicted octanol–water partition coefficient (Wildman–Crippen LogP) is 13.4. The smallest absolute Gasteiger partial charge is 0.306 e. The number of ether oxygens (including phenoxy) is 3. The molecule has 0 aromatic carbocycles. The van der Waals surface area contributed by atoms with Gasteiger partial charge in [-0.05, 0) is 51.4 Å². The van der Waals surface area contributed by atoms with Gasteiger partial charge in [0, 0.05) is 19.3 Å². The summed E-state index contributed by atoms with van der Waals surface area (Å²) in [5, 5.41) is 11.7. The lowest BCUT2D eigenvalue weighted by Gasteiger charge is -2.34. The van der Waals surface area contributed by atoms with Crippen LogP contribution in [0.4, 0.5) is 0 Å². The summed E-state index contributed by atoms with van der Waals surface area (Å²) in [5.74, 6) is -1.78. The van der Waals surface area contributed by atoms with Gasteiger partial charge in [0.05, 0.1) is 40.3 Å². The quantitative estimate of drug-likeness (QED) is 0.0260. The van der Waals surface area contributed by atoms with E-state index in [-0.39, 0.29) is 49.1 Å². The molecule has 0 heterocycles. The van der Waals surface area contributed by atoms with Crippen molar-refractivity contribution in [2.24, 2.45) is 0 Å². The van der Waals surface area contributed by atoms with Gasteiger partial charge in [-0.15, -0.1) is 0 Å². The van der Waals surface area contributed by atoms with Gasteiger partial charge < -0.3 is 28.6 Å². The van der Waals surface area contributed by atoms with Crippen LogP contribution in [0.3, 0.4) is 0 Å². The number of carboxylic acids is 1. The van der Waals surface area contributed by atoms with Crippen LogP contribution in [0.15, 0.2) is 48.6 Å². The molecule has 0 bridgehead atoms. The molecule has 0 fully saturated rings. The standard InChI is InChI=1S/C54H97NO7/c1-6-8-10-12-14-16-18-20-22-23-24-25-26-27-28-29-31-32-34-36-38-40-42-44-52(56)61-49-50(48-60-47-46-51(54(58)59)55(3,4)5)62-53(57)45-43-41-39-37-35-33-30-21-19-17-15-13-11-9-7-2/h9,11,15,17,21,30,35,37,50-51H,6-8,10,12-14,16,18-20,22-29,31-34,36,38-49H2,1-5H3/b11-9-,17-15-,30-21-,37-35-. The van der Waals surface area contributed by atoms with E-state index in [0.29, 0.717) is 12.8 Å². The summed E-state index contributed by atoms with van der Waals surface area (Å²) in [6, 6.07) is -0.734. The highest BCUT2D eigenvalue weighted by atomic mass is 16.6. The Morgan fingerprint density at radius 2 is 0.903 bits per heavy atom. The van der Waals surface area contributed by atoms with Gasteiger partial charge in [-0.2, -0.15) is 0 Å². The van der Waals surface area contributed by atoms with Crippen LogP contribution in [0.2, 0.25) is 0 Å². The molecule has 0 saturated carbocycles. The minimum absolute atomic E-state index is 0.0251. The van der Waals surface area contributed by atoms with Crippen molar-refractivity contribution in [3.8, 4) is 0 Å². The van der Waals surface area contributed by atoms with Gasteiger partial charge in [0.25, 0.3) is 0 Å². The monoisotopic (exact) mass is 872 g/mol. The molecule has 0 N–H and O–H groups in total. The molecule has 8 heteroatoms. The zero-order valence-electron chi connectivity index (χ0n) is 41.0. The van der Waals surface area contributed by atoms with E-state index in [2.05, 4.69) is 62.5 Å². The fraction of sp³-hybridized carbons (Fsp3) is 0.796. The molecule has 0 aliphatic heterocycles. The Kier molecular flexibility index (Phi) is 42.9. The SMILES string of the molecule is CC/C=C\C/C=C\C/C=C\C/C=C\CCCCC(=O)OC(COCCC(C(=O)[O-])[N+](C)(C)C)COC(=O)CCCCCCCCCCCCCCCCCCCCCCCCC. The number of unbranched alkanes of at least 4 members (excludes halogenated alkanes) is 24. The molecule has 0 saturated heterocycles. The highest BCUT2D eigenvalue weighted by molar-refractivity contribution is 5.70. The minimum atomic E-state index is -1.13. The zero-order chi connectivity index (χ0) is 45.6. The van der Waals surface area contributed by atoms with E-state index in [1.54, 1.807) is 21.1 Å². The molecule has 8 nitrogen and oxygen atoms in total. The first-order chi connectivity index (χ1) is 30.1. The molecule has 62 heavy (non-hydrogen) atoms. The van der Waals surface area contributed by atoms with Gasteiger partial charge in [-0.25, -0.2) is 0 Å². The van der Waals surface area contributed by atoms with Crippen LogP contribution in [0.25, 0.3) is 0 Å². The number of nitrogens with zero attached hydrogens (tertiary/aromatic N) is 1. The Morgan fingerprint density at radius 3 is 1.34 bits per heavy atom. The number of quaternary nitrogens is 1. The van der Waals surface area contributed by atoms with Crippen LogP contribution >= 0.6 is 0 Å².